The van der Waals surface area contributed by atoms with Crippen LogP contribution in [0.15, 0.2) is 170 Å². The van der Waals surface area contributed by atoms with Gasteiger partial charge in [0.05, 0.1) is 0 Å². The van der Waals surface area contributed by atoms with Crippen molar-refractivity contribution in [3.05, 3.63) is 170 Å². The SMILES string of the molecule is COC12C#CC#CC3(OC)C=CC(OC)(C#CC#CC4(OC)C=CC(OC)(C#CC#CC5(OC)C=CC(OC)(C#CC#CC6(OC)C=CC(OC)(C#CC#CC7(OC)C=CC(OC)(C#CC#CC8(OC)C=CC(OC)(C#CC#CC(OC)(C=C1)C=C2)C=C8)C=C7)C=C6)C=C5)C=C4)C=C3. The molecular formula is C84H70O14. The lowest BCUT2D eigenvalue weighted by Crippen LogP contribution is -2.35. The fourth-order valence-corrected chi connectivity index (χ4v) is 9.84. The third kappa shape index (κ3) is 16.5. The van der Waals surface area contributed by atoms with E-state index in [-0.39, 0.29) is 0 Å². The smallest absolute Gasteiger partial charge is 0.166 e. The van der Waals surface area contributed by atoms with Gasteiger partial charge in [0.2, 0.25) is 0 Å². The van der Waals surface area contributed by atoms with Crippen LogP contribution in [0.1, 0.15) is 0 Å². The molecule has 15 aliphatic carbocycles. The summed E-state index contributed by atoms with van der Waals surface area (Å²) in [5, 5.41) is 0. The average Bonchev–Trinajstić information content (AvgIpc) is 0.828. The van der Waals surface area contributed by atoms with Crippen LogP contribution in [0.5, 0.6) is 0 Å². The molecule has 15 aliphatic rings. The molecule has 0 N–H and O–H groups in total. The van der Waals surface area contributed by atoms with E-state index in [1.54, 1.807) is 170 Å². The van der Waals surface area contributed by atoms with Gasteiger partial charge in [0.15, 0.2) is 78.4 Å². The van der Waals surface area contributed by atoms with Gasteiger partial charge in [-0.05, 0) is 336 Å². The summed E-state index contributed by atoms with van der Waals surface area (Å²) in [6.07, 6.45) is 48.8. The first-order valence-corrected chi connectivity index (χ1v) is 30.1. The van der Waals surface area contributed by atoms with Crippen LogP contribution in [0.3, 0.4) is 0 Å². The molecule has 0 saturated heterocycles. The van der Waals surface area contributed by atoms with E-state index in [0.29, 0.717) is 0 Å². The molecule has 0 unspecified atom stereocenters. The Balaban J connectivity index is 1.09. The lowest BCUT2D eigenvalue weighted by molar-refractivity contribution is 0.0950. The summed E-state index contributed by atoms with van der Waals surface area (Å²) in [5.74, 6) is 84.2. The summed E-state index contributed by atoms with van der Waals surface area (Å²) in [6.45, 7) is 0. The maximum atomic E-state index is 5.86. The number of ether oxygens (including phenoxy) is 14. The van der Waals surface area contributed by atoms with Crippen LogP contribution in [-0.2, 0) is 66.3 Å². The molecule has 14 heteroatoms. The normalized spacial score (nSPS) is 36.4. The highest BCUT2D eigenvalue weighted by molar-refractivity contribution is 5.57. The molecule has 14 bridgehead atoms. The average molecular weight is 1300 g/mol. The maximum Gasteiger partial charge on any atom is 0.166 e. The maximum absolute atomic E-state index is 5.86. The zero-order valence-electron chi connectivity index (χ0n) is 56.9. The minimum atomic E-state index is -1.15. The summed E-state index contributed by atoms with van der Waals surface area (Å²) in [4.78, 5) is 0. The Morgan fingerprint density at radius 1 is 0.112 bits per heavy atom. The largest absolute Gasteiger partial charge is 0.358 e. The Hall–Kier alpha value is -10.4. The summed E-state index contributed by atoms with van der Waals surface area (Å²) >= 11 is 0. The Morgan fingerprint density at radius 2 is 0.163 bits per heavy atom. The van der Waals surface area contributed by atoms with Crippen LogP contribution in [-0.4, -0.2) is 178 Å². The molecule has 0 atom stereocenters. The molecule has 0 amide bonds. The second-order valence-corrected chi connectivity index (χ2v) is 22.1. The first kappa shape index (κ1) is 73.4. The Morgan fingerprint density at radius 3 is 0.204 bits per heavy atom. The number of rotatable bonds is 14. The highest BCUT2D eigenvalue weighted by atomic mass is 16.5. The minimum absolute atomic E-state index is 1.15. The van der Waals surface area contributed by atoms with E-state index in [9.17, 15) is 0 Å². The highest BCUT2D eigenvalue weighted by Gasteiger charge is 2.39. The molecule has 15 rings (SSSR count). The van der Waals surface area contributed by atoms with Crippen LogP contribution in [0, 0.1) is 166 Å². The predicted octanol–water partition coefficient (Wildman–Crippen LogP) is 6.32. The second kappa shape index (κ2) is 30.8. The van der Waals surface area contributed by atoms with Gasteiger partial charge in [0.25, 0.3) is 0 Å². The van der Waals surface area contributed by atoms with Crippen molar-refractivity contribution in [2.45, 2.75) is 78.4 Å². The molecule has 0 aliphatic heterocycles. The topological polar surface area (TPSA) is 129 Å². The summed E-state index contributed by atoms with van der Waals surface area (Å²) in [6, 6.07) is 0. The summed E-state index contributed by atoms with van der Waals surface area (Å²) in [7, 11) is 21.5. The van der Waals surface area contributed by atoms with Crippen LogP contribution in [0.4, 0.5) is 0 Å². The van der Waals surface area contributed by atoms with E-state index in [4.69, 9.17) is 66.3 Å². The van der Waals surface area contributed by atoms with Gasteiger partial charge >= 0.3 is 0 Å². The molecular weight excluding hydrogens is 1230 g/mol. The fourth-order valence-electron chi connectivity index (χ4n) is 9.84. The van der Waals surface area contributed by atoms with E-state index in [1.165, 1.54) is 99.5 Å². The van der Waals surface area contributed by atoms with Crippen molar-refractivity contribution < 1.29 is 66.3 Å². The van der Waals surface area contributed by atoms with Crippen LogP contribution in [0.25, 0.3) is 0 Å². The lowest BCUT2D eigenvalue weighted by Gasteiger charge is -2.29. The molecule has 0 aromatic carbocycles. The molecule has 490 valence electrons. The molecule has 14 nitrogen and oxygen atoms in total. The standard InChI is InChI=1S/C84H70O14/c1-85-71-29-15-16-30-73(87-3)47-49-75(89-5,50-48-73)33-19-20-34-77(91-7)55-57-79(93-9,58-56-77)37-23-24-38-81(95-11)63-65-83(97-13,66-64-81)41-27-28-42-84(98-14)69-67-82(96-12,68-70-84)40-26-25-39-80(94-10)61-59-78(92-8,60-62-80)36-22-21-35-76(90-6)53-51-74(88-4,52-54-76)32-18-17-31-72(86-2,45-43-71)46-44-71/h43-70H,1-14H3. The zero-order valence-corrected chi connectivity index (χ0v) is 56.9. The Bertz CT molecular complexity index is 3390. The third-order valence-electron chi connectivity index (χ3n) is 16.9. The highest BCUT2D eigenvalue weighted by Crippen LogP contribution is 2.33. The van der Waals surface area contributed by atoms with E-state index in [1.807, 2.05) is 0 Å². The van der Waals surface area contributed by atoms with Gasteiger partial charge in [-0.1, -0.05) is 0 Å². The molecule has 0 aromatic rings. The van der Waals surface area contributed by atoms with E-state index < -0.39 is 78.4 Å². The molecule has 0 spiro atoms. The van der Waals surface area contributed by atoms with Gasteiger partial charge in [-0.25, -0.2) is 0 Å². The fraction of sp³-hybridized carbons (Fsp3) is 0.333. The van der Waals surface area contributed by atoms with E-state index >= 15 is 0 Å². The van der Waals surface area contributed by atoms with Crippen LogP contribution < -0.4 is 0 Å². The monoisotopic (exact) mass is 1300 g/mol. The van der Waals surface area contributed by atoms with E-state index in [2.05, 4.69) is 166 Å². The molecule has 0 aromatic heterocycles. The van der Waals surface area contributed by atoms with E-state index in [0.717, 1.165) is 0 Å². The van der Waals surface area contributed by atoms with Crippen molar-refractivity contribution in [3.8, 4) is 166 Å². The Kier molecular flexibility index (Phi) is 23.1. The Labute approximate surface area is 577 Å². The van der Waals surface area contributed by atoms with Gasteiger partial charge in [-0.15, -0.1) is 0 Å². The molecule has 0 saturated carbocycles. The predicted molar refractivity (Wildman–Crippen MR) is 373 cm³/mol. The minimum Gasteiger partial charge on any atom is -0.358 e. The first-order chi connectivity index (χ1) is 47.2. The van der Waals surface area contributed by atoms with Crippen molar-refractivity contribution in [2.24, 2.45) is 0 Å². The summed E-state index contributed by atoms with van der Waals surface area (Å²) in [5.41, 5.74) is -16.1. The van der Waals surface area contributed by atoms with Gasteiger partial charge in [0, 0.05) is 99.5 Å². The molecule has 0 fully saturated rings. The molecule has 0 radical (unpaired) electrons. The van der Waals surface area contributed by atoms with Gasteiger partial charge in [0.1, 0.15) is 0 Å². The second-order valence-electron chi connectivity index (χ2n) is 22.1. The van der Waals surface area contributed by atoms with Crippen molar-refractivity contribution in [1.29, 1.82) is 0 Å². The first-order valence-electron chi connectivity index (χ1n) is 30.1. The van der Waals surface area contributed by atoms with Crippen molar-refractivity contribution in [1.82, 2.24) is 0 Å². The van der Waals surface area contributed by atoms with Gasteiger partial charge < -0.3 is 66.3 Å². The molecule has 98 heavy (non-hydrogen) atoms. The molecule has 0 heterocycles. The van der Waals surface area contributed by atoms with Gasteiger partial charge in [-0.2, -0.15) is 0 Å². The number of hydrogen-bond acceptors (Lipinski definition) is 14. The van der Waals surface area contributed by atoms with Crippen molar-refractivity contribution >= 4 is 0 Å². The summed E-state index contributed by atoms with van der Waals surface area (Å²) < 4.78 is 82.1. The lowest BCUT2D eigenvalue weighted by atomic mass is 9.88. The van der Waals surface area contributed by atoms with Crippen molar-refractivity contribution in [2.75, 3.05) is 99.5 Å². The van der Waals surface area contributed by atoms with Crippen LogP contribution >= 0.6 is 0 Å². The number of hydrogen-bond donors (Lipinski definition) is 0. The van der Waals surface area contributed by atoms with Crippen molar-refractivity contribution in [3.63, 3.8) is 0 Å². The third-order valence-corrected chi connectivity index (χ3v) is 16.9. The quantitative estimate of drug-likeness (QED) is 0.142. The van der Waals surface area contributed by atoms with Gasteiger partial charge in [-0.3, -0.25) is 0 Å². The zero-order chi connectivity index (χ0) is 70.5. The number of methoxy groups -OCH3 is 14. The van der Waals surface area contributed by atoms with Crippen LogP contribution in [0.2, 0.25) is 0 Å².